The molecular weight excluding hydrogens is 196 g/mol. The third-order valence-electron chi connectivity index (χ3n) is 1.70. The van der Waals surface area contributed by atoms with Gasteiger partial charge in [-0.05, 0) is 18.9 Å². The molecule has 78 valence electrons. The number of carbonyl (C=O) groups is 2. The van der Waals surface area contributed by atoms with E-state index in [1.165, 1.54) is 25.1 Å². The molecular formula is C10H10N2O3. The van der Waals surface area contributed by atoms with Crippen molar-refractivity contribution in [1.82, 2.24) is 5.32 Å². The van der Waals surface area contributed by atoms with Crippen molar-refractivity contribution in [1.29, 1.82) is 0 Å². The fourth-order valence-corrected chi connectivity index (χ4v) is 1.04. The van der Waals surface area contributed by atoms with Gasteiger partial charge in [-0.25, -0.2) is 0 Å². The highest BCUT2D eigenvalue weighted by Gasteiger charge is 2.12. The number of phenolic OH excluding ortho intramolecular Hbond substituents is 1. The molecule has 5 nitrogen and oxygen atoms in total. The largest absolute Gasteiger partial charge is 0.507 e. The number of hydrogen-bond acceptors (Lipinski definition) is 4. The highest BCUT2D eigenvalue weighted by atomic mass is 16.3. The lowest BCUT2D eigenvalue weighted by molar-refractivity contribution is -0.118. The monoisotopic (exact) mass is 206 g/mol. The van der Waals surface area contributed by atoms with Gasteiger partial charge in [-0.3, -0.25) is 19.9 Å². The summed E-state index contributed by atoms with van der Waals surface area (Å²) in [7, 11) is 0. The van der Waals surface area contributed by atoms with Gasteiger partial charge < -0.3 is 5.11 Å². The summed E-state index contributed by atoms with van der Waals surface area (Å²) >= 11 is 0. The average molecular weight is 206 g/mol. The first-order valence-electron chi connectivity index (χ1n) is 4.16. The molecule has 5 heteroatoms. The summed E-state index contributed by atoms with van der Waals surface area (Å²) in [6.45, 7) is 4.50. The molecule has 0 aliphatic carbocycles. The van der Waals surface area contributed by atoms with Gasteiger partial charge in [0.05, 0.1) is 11.3 Å². The van der Waals surface area contributed by atoms with E-state index in [0.29, 0.717) is 5.69 Å². The Morgan fingerprint density at radius 3 is 2.60 bits per heavy atom. The Labute approximate surface area is 86.5 Å². The lowest BCUT2D eigenvalue weighted by atomic mass is 10.1. The van der Waals surface area contributed by atoms with E-state index in [2.05, 4.69) is 17.0 Å². The molecule has 1 aromatic carbocycles. The Balaban J connectivity index is 3.00. The molecule has 0 heterocycles. The van der Waals surface area contributed by atoms with Crippen LogP contribution in [0.15, 0.2) is 23.2 Å². The van der Waals surface area contributed by atoms with Crippen LogP contribution in [0.4, 0.5) is 5.69 Å². The van der Waals surface area contributed by atoms with Crippen LogP contribution in [-0.2, 0) is 4.79 Å². The third-order valence-corrected chi connectivity index (χ3v) is 1.70. The van der Waals surface area contributed by atoms with Crippen molar-refractivity contribution in [2.45, 2.75) is 6.92 Å². The Bertz CT molecular complexity index is 427. The molecule has 2 amide bonds. The maximum atomic E-state index is 11.3. The summed E-state index contributed by atoms with van der Waals surface area (Å²) in [5.41, 5.74) is 0.476. The lowest BCUT2D eigenvalue weighted by Gasteiger charge is -2.04. The van der Waals surface area contributed by atoms with E-state index >= 15 is 0 Å². The van der Waals surface area contributed by atoms with E-state index in [-0.39, 0.29) is 11.3 Å². The number of nitrogens with one attached hydrogen (secondary N) is 1. The Kier molecular flexibility index (Phi) is 3.17. The van der Waals surface area contributed by atoms with Crippen molar-refractivity contribution in [2.75, 3.05) is 0 Å². The quantitative estimate of drug-likeness (QED) is 0.708. The van der Waals surface area contributed by atoms with E-state index in [4.69, 9.17) is 0 Å². The topological polar surface area (TPSA) is 78.8 Å². The first-order valence-corrected chi connectivity index (χ1v) is 4.16. The zero-order valence-electron chi connectivity index (χ0n) is 8.15. The SMILES string of the molecule is C=Nc1ccc(C(=O)NC(C)=O)c(O)c1. The maximum absolute atomic E-state index is 11.3. The van der Waals surface area contributed by atoms with Crippen LogP contribution >= 0.6 is 0 Å². The summed E-state index contributed by atoms with van der Waals surface area (Å²) in [5.74, 6) is -1.36. The summed E-state index contributed by atoms with van der Waals surface area (Å²) in [6, 6.07) is 4.18. The molecule has 2 N–H and O–H groups in total. The molecule has 0 atom stereocenters. The molecule has 0 fully saturated rings. The molecule has 1 rings (SSSR count). The first kappa shape index (κ1) is 10.9. The Morgan fingerprint density at radius 2 is 2.13 bits per heavy atom. The van der Waals surface area contributed by atoms with Crippen molar-refractivity contribution < 1.29 is 14.7 Å². The van der Waals surface area contributed by atoms with Crippen LogP contribution in [0.25, 0.3) is 0 Å². The second kappa shape index (κ2) is 4.36. The fourth-order valence-electron chi connectivity index (χ4n) is 1.04. The van der Waals surface area contributed by atoms with E-state index in [9.17, 15) is 14.7 Å². The van der Waals surface area contributed by atoms with Crippen LogP contribution in [0.2, 0.25) is 0 Å². The molecule has 0 aliphatic rings. The number of rotatable bonds is 2. The zero-order valence-corrected chi connectivity index (χ0v) is 8.15. The number of nitrogens with zero attached hydrogens (tertiary/aromatic N) is 1. The molecule has 15 heavy (non-hydrogen) atoms. The minimum atomic E-state index is -0.643. The maximum Gasteiger partial charge on any atom is 0.261 e. The van der Waals surface area contributed by atoms with E-state index < -0.39 is 11.8 Å². The number of imide groups is 1. The molecule has 0 bridgehead atoms. The number of aromatic hydroxyl groups is 1. The van der Waals surface area contributed by atoms with Crippen molar-refractivity contribution in [3.05, 3.63) is 23.8 Å². The van der Waals surface area contributed by atoms with Gasteiger partial charge in [0, 0.05) is 13.0 Å². The standard InChI is InChI=1S/C10H10N2O3/c1-6(13)12-10(15)8-4-3-7(11-2)5-9(8)14/h3-5,14H,2H2,1H3,(H,12,13,15). The molecule has 0 unspecified atom stereocenters. The van der Waals surface area contributed by atoms with Gasteiger partial charge in [-0.15, -0.1) is 0 Å². The highest BCUT2D eigenvalue weighted by molar-refractivity contribution is 6.05. The summed E-state index contributed by atoms with van der Waals surface area (Å²) in [6.07, 6.45) is 0. The minimum Gasteiger partial charge on any atom is -0.507 e. The van der Waals surface area contributed by atoms with Gasteiger partial charge in [0.15, 0.2) is 0 Å². The van der Waals surface area contributed by atoms with Gasteiger partial charge >= 0.3 is 0 Å². The van der Waals surface area contributed by atoms with Crippen LogP contribution in [-0.4, -0.2) is 23.6 Å². The number of carbonyl (C=O) groups excluding carboxylic acids is 2. The predicted octanol–water partition coefficient (Wildman–Crippen LogP) is 1.00. The van der Waals surface area contributed by atoms with Crippen LogP contribution in [0, 0.1) is 0 Å². The molecule has 0 aromatic heterocycles. The smallest absolute Gasteiger partial charge is 0.261 e. The average Bonchev–Trinajstić information content (AvgIpc) is 2.16. The number of phenols is 1. The van der Waals surface area contributed by atoms with E-state index in [1.807, 2.05) is 0 Å². The number of amides is 2. The summed E-state index contributed by atoms with van der Waals surface area (Å²) in [4.78, 5) is 25.5. The van der Waals surface area contributed by atoms with Gasteiger partial charge in [-0.2, -0.15) is 0 Å². The fraction of sp³-hybridized carbons (Fsp3) is 0.100. The van der Waals surface area contributed by atoms with Crippen molar-refractivity contribution in [3.63, 3.8) is 0 Å². The number of hydrogen-bond donors (Lipinski definition) is 2. The normalized spacial score (nSPS) is 9.40. The third kappa shape index (κ3) is 2.63. The second-order valence-corrected chi connectivity index (χ2v) is 2.87. The molecule has 0 saturated heterocycles. The van der Waals surface area contributed by atoms with Gasteiger partial charge in [0.25, 0.3) is 5.91 Å². The van der Waals surface area contributed by atoms with E-state index in [1.54, 1.807) is 0 Å². The van der Waals surface area contributed by atoms with Crippen LogP contribution in [0.3, 0.4) is 0 Å². The summed E-state index contributed by atoms with van der Waals surface area (Å²) < 4.78 is 0. The van der Waals surface area contributed by atoms with Crippen LogP contribution < -0.4 is 5.32 Å². The molecule has 0 radical (unpaired) electrons. The van der Waals surface area contributed by atoms with Crippen LogP contribution in [0.1, 0.15) is 17.3 Å². The molecule has 0 aliphatic heterocycles. The minimum absolute atomic E-state index is 0.0256. The van der Waals surface area contributed by atoms with Crippen molar-refractivity contribution in [2.24, 2.45) is 4.99 Å². The van der Waals surface area contributed by atoms with Crippen LogP contribution in [0.5, 0.6) is 5.75 Å². The van der Waals surface area contributed by atoms with Gasteiger partial charge in [0.2, 0.25) is 5.91 Å². The van der Waals surface area contributed by atoms with Gasteiger partial charge in [-0.1, -0.05) is 0 Å². The van der Waals surface area contributed by atoms with Crippen molar-refractivity contribution >= 4 is 24.2 Å². The molecule has 0 saturated carbocycles. The Hall–Kier alpha value is -2.17. The lowest BCUT2D eigenvalue weighted by Crippen LogP contribution is -2.27. The number of benzene rings is 1. The predicted molar refractivity (Wildman–Crippen MR) is 55.5 cm³/mol. The van der Waals surface area contributed by atoms with Crippen molar-refractivity contribution in [3.8, 4) is 5.75 Å². The molecule has 0 spiro atoms. The van der Waals surface area contributed by atoms with E-state index in [0.717, 1.165) is 0 Å². The number of aliphatic imine (C=N–C) groups is 1. The second-order valence-electron chi connectivity index (χ2n) is 2.87. The zero-order chi connectivity index (χ0) is 11.4. The summed E-state index contributed by atoms with van der Waals surface area (Å²) in [5, 5.41) is 11.5. The van der Waals surface area contributed by atoms with Gasteiger partial charge in [0.1, 0.15) is 5.75 Å². The highest BCUT2D eigenvalue weighted by Crippen LogP contribution is 2.23. The Morgan fingerprint density at radius 1 is 1.47 bits per heavy atom. The molecule has 1 aromatic rings. The first-order chi connectivity index (χ1) is 7.04.